The zero-order valence-corrected chi connectivity index (χ0v) is 37.1. The van der Waals surface area contributed by atoms with Crippen molar-refractivity contribution in [1.82, 2.24) is 19.1 Å². The lowest BCUT2D eigenvalue weighted by molar-refractivity contribution is -0.572. The standard InChI is InChI=1S/C54H61N5O/c1-51(2,3)30-36-21-22-56-50(26-36)59-46-16-14-13-15-44(46)45-19-18-42(29-48(45)59)60-43-28-41(33-55-34-43)58-35-57(49-27-39(54(10,11)12)17-20-47(49)58)40-24-37(31-52(4,5)6)23-38(25-40)32-53(7,8)9/h13-29,33-34H,30-32H2,1-12H3/i30D2,31D2,32D2. The third-order valence-electron chi connectivity index (χ3n) is 10.1. The number of aromatic nitrogens is 5. The summed E-state index contributed by atoms with van der Waals surface area (Å²) >= 11 is 0. The van der Waals surface area contributed by atoms with E-state index < -0.39 is 35.4 Å². The van der Waals surface area contributed by atoms with Gasteiger partial charge in [0.2, 0.25) is 0 Å². The van der Waals surface area contributed by atoms with Crippen LogP contribution < -0.4 is 9.30 Å². The Bertz CT molecular complexity index is 3110. The number of para-hydroxylation sites is 1. The van der Waals surface area contributed by atoms with Crippen LogP contribution in [0.25, 0.3) is 50.0 Å². The monoisotopic (exact) mass is 802 g/mol. The van der Waals surface area contributed by atoms with Crippen molar-refractivity contribution in [3.8, 4) is 28.7 Å². The van der Waals surface area contributed by atoms with Gasteiger partial charge in [-0.1, -0.05) is 131 Å². The first-order valence-corrected chi connectivity index (χ1v) is 20.8. The smallest absolute Gasteiger partial charge is 0.269 e. The molecule has 0 aliphatic carbocycles. The summed E-state index contributed by atoms with van der Waals surface area (Å²) in [7, 11) is 0. The molecule has 0 N–H and O–H groups in total. The van der Waals surface area contributed by atoms with Crippen LogP contribution in [0.4, 0.5) is 0 Å². The zero-order valence-electron chi connectivity index (χ0n) is 43.1. The molecule has 0 aliphatic rings. The van der Waals surface area contributed by atoms with Crippen molar-refractivity contribution in [2.75, 3.05) is 0 Å². The van der Waals surface area contributed by atoms with Crippen molar-refractivity contribution in [2.45, 2.75) is 108 Å². The molecule has 0 amide bonds. The molecular formula is C54H61N5O. The summed E-state index contributed by atoms with van der Waals surface area (Å²) in [6.07, 6.45) is 3.46. The maximum atomic E-state index is 9.33. The second-order valence-electron chi connectivity index (χ2n) is 20.0. The molecule has 6 nitrogen and oxygen atoms in total. The predicted molar refractivity (Wildman–Crippen MR) is 248 cm³/mol. The van der Waals surface area contributed by atoms with Crippen LogP contribution in [-0.4, -0.2) is 19.1 Å². The van der Waals surface area contributed by atoms with Gasteiger partial charge in [0.15, 0.2) is 0 Å². The van der Waals surface area contributed by atoms with Crippen molar-refractivity contribution in [1.29, 1.82) is 0 Å². The Kier molecular flexibility index (Phi) is 8.54. The van der Waals surface area contributed by atoms with Crippen LogP contribution in [0.1, 0.15) is 114 Å². The molecule has 0 unspecified atom stereocenters. The average Bonchev–Trinajstić information content (AvgIpc) is 3.78. The minimum Gasteiger partial charge on any atom is -0.456 e. The number of hydrogen-bond acceptors (Lipinski definition) is 3. The molecule has 0 aliphatic heterocycles. The molecule has 4 aromatic heterocycles. The number of rotatable bonds is 8. The molecule has 60 heavy (non-hydrogen) atoms. The Morgan fingerprint density at radius 1 is 0.617 bits per heavy atom. The predicted octanol–water partition coefficient (Wildman–Crippen LogP) is 13.5. The molecule has 0 bridgehead atoms. The van der Waals surface area contributed by atoms with Gasteiger partial charge >= 0.3 is 0 Å². The van der Waals surface area contributed by atoms with Gasteiger partial charge in [0.25, 0.3) is 6.33 Å². The molecule has 0 saturated carbocycles. The Hall–Kier alpha value is -5.75. The van der Waals surface area contributed by atoms with E-state index in [0.29, 0.717) is 45.4 Å². The molecule has 0 atom stereocenters. The summed E-state index contributed by atoms with van der Waals surface area (Å²) < 4.78 is 67.8. The Labute approximate surface area is 365 Å². The van der Waals surface area contributed by atoms with Crippen LogP contribution in [0.3, 0.4) is 0 Å². The average molecular weight is 802 g/mol. The number of fused-ring (bicyclic) bond motifs is 4. The van der Waals surface area contributed by atoms with Crippen LogP contribution >= 0.6 is 0 Å². The van der Waals surface area contributed by atoms with Crippen molar-refractivity contribution < 1.29 is 17.5 Å². The van der Waals surface area contributed by atoms with Crippen LogP contribution in [0.5, 0.6) is 11.5 Å². The van der Waals surface area contributed by atoms with E-state index >= 15 is 0 Å². The lowest BCUT2D eigenvalue weighted by Gasteiger charge is -2.23. The number of imidazole rings is 1. The second kappa shape index (κ2) is 15.1. The zero-order chi connectivity index (χ0) is 48.2. The second-order valence-corrected chi connectivity index (χ2v) is 20.0. The van der Waals surface area contributed by atoms with Crippen LogP contribution in [0.15, 0.2) is 116 Å². The van der Waals surface area contributed by atoms with E-state index in [1.165, 1.54) is 0 Å². The highest BCUT2D eigenvalue weighted by molar-refractivity contribution is 6.09. The van der Waals surface area contributed by atoms with Gasteiger partial charge in [-0.3, -0.25) is 18.7 Å². The summed E-state index contributed by atoms with van der Waals surface area (Å²) in [5.74, 6) is 1.66. The third-order valence-corrected chi connectivity index (χ3v) is 10.1. The third kappa shape index (κ3) is 8.89. The first-order valence-electron chi connectivity index (χ1n) is 23.8. The minimum absolute atomic E-state index is 0.185. The van der Waals surface area contributed by atoms with Gasteiger partial charge in [0.1, 0.15) is 17.3 Å². The number of ether oxygens (including phenoxy) is 1. The Morgan fingerprint density at radius 3 is 1.97 bits per heavy atom. The first-order chi connectivity index (χ1) is 30.5. The fourth-order valence-corrected chi connectivity index (χ4v) is 7.74. The number of benzene rings is 4. The van der Waals surface area contributed by atoms with Crippen molar-refractivity contribution in [3.05, 3.63) is 144 Å². The van der Waals surface area contributed by atoms with E-state index in [2.05, 4.69) is 60.9 Å². The summed E-state index contributed by atoms with van der Waals surface area (Å²) in [4.78, 5) is 9.40. The molecule has 8 aromatic rings. The lowest BCUT2D eigenvalue weighted by atomic mass is 9.84. The quantitative estimate of drug-likeness (QED) is 0.114. The first kappa shape index (κ1) is 34.0. The molecule has 6 heteroatoms. The molecule has 308 valence electrons. The van der Waals surface area contributed by atoms with Gasteiger partial charge in [0, 0.05) is 37.5 Å². The summed E-state index contributed by atoms with van der Waals surface area (Å²) in [6, 6.07) is 31.2. The lowest BCUT2D eigenvalue weighted by Crippen LogP contribution is -2.30. The fraction of sp³-hybridized carbons (Fsp3) is 0.352. The van der Waals surface area contributed by atoms with Crippen LogP contribution in [-0.2, 0) is 24.5 Å². The van der Waals surface area contributed by atoms with Crippen molar-refractivity contribution in [2.24, 2.45) is 16.2 Å². The topological polar surface area (TPSA) is 48.8 Å². The molecule has 4 heterocycles. The van der Waals surface area contributed by atoms with E-state index in [9.17, 15) is 5.48 Å². The molecule has 8 rings (SSSR count). The van der Waals surface area contributed by atoms with E-state index in [0.717, 1.165) is 38.4 Å². The van der Waals surface area contributed by atoms with E-state index in [1.54, 1.807) is 30.7 Å². The summed E-state index contributed by atoms with van der Waals surface area (Å²) in [5.41, 5.74) is 4.76. The maximum Gasteiger partial charge on any atom is 0.269 e. The van der Waals surface area contributed by atoms with E-state index in [4.69, 9.17) is 12.5 Å². The SMILES string of the molecule is [2H]C([2H])(c1cc(-[n+]2[c-]n(-c3cncc(Oc4ccc5c6ccccc6n(-c6cc(C([2H])([2H])C(C)(C)C)ccn6)c5c4)c3)c3ccc(C(C)(C)C)cc32)cc(C([2H])([2H])C(C)(C)C)c1)C(C)(C)C. The molecule has 4 aromatic carbocycles. The van der Waals surface area contributed by atoms with Gasteiger partial charge < -0.3 is 4.74 Å². The summed E-state index contributed by atoms with van der Waals surface area (Å²) in [5, 5.41) is 2.04. The van der Waals surface area contributed by atoms with Crippen LogP contribution in [0.2, 0.25) is 0 Å². The Morgan fingerprint density at radius 2 is 1.28 bits per heavy atom. The maximum absolute atomic E-state index is 9.33. The minimum atomic E-state index is -1.79. The fourth-order valence-electron chi connectivity index (χ4n) is 7.74. The van der Waals surface area contributed by atoms with E-state index in [1.807, 2.05) is 132 Å². The molecule has 0 saturated heterocycles. The van der Waals surface area contributed by atoms with Gasteiger partial charge in [-0.15, -0.1) is 0 Å². The van der Waals surface area contributed by atoms with Crippen molar-refractivity contribution in [3.63, 3.8) is 0 Å². The van der Waals surface area contributed by atoms with Gasteiger partial charge in [-0.2, -0.15) is 0 Å². The van der Waals surface area contributed by atoms with Crippen molar-refractivity contribution >= 4 is 32.8 Å². The normalized spacial score (nSPS) is 15.1. The largest absolute Gasteiger partial charge is 0.456 e. The molecule has 0 spiro atoms. The highest BCUT2D eigenvalue weighted by Crippen LogP contribution is 2.36. The Balaban J connectivity index is 1.26. The number of hydrogen-bond donors (Lipinski definition) is 0. The number of pyridine rings is 2. The highest BCUT2D eigenvalue weighted by atomic mass is 16.5. The van der Waals surface area contributed by atoms with Gasteiger partial charge in [-0.05, 0) is 107 Å². The number of nitrogens with zero attached hydrogens (tertiary/aromatic N) is 5. The van der Waals surface area contributed by atoms with E-state index in [-0.39, 0.29) is 5.41 Å². The van der Waals surface area contributed by atoms with Gasteiger partial charge in [-0.25, -0.2) is 4.98 Å². The molecular weight excluding hydrogens is 735 g/mol. The summed E-state index contributed by atoms with van der Waals surface area (Å²) in [6.45, 7) is 23.4. The molecule has 0 radical (unpaired) electrons. The highest BCUT2D eigenvalue weighted by Gasteiger charge is 2.22. The van der Waals surface area contributed by atoms with Gasteiger partial charge in [0.05, 0.1) is 39.6 Å². The molecule has 0 fully saturated rings. The van der Waals surface area contributed by atoms with Crippen LogP contribution in [0, 0.1) is 22.6 Å².